The molecule has 0 radical (unpaired) electrons. The molecular weight excluding hydrogens is 288 g/mol. The molecule has 0 heterocycles. The summed E-state index contributed by atoms with van der Waals surface area (Å²) in [7, 11) is 0. The summed E-state index contributed by atoms with van der Waals surface area (Å²) in [5.74, 6) is -5.08. The van der Waals surface area contributed by atoms with Gasteiger partial charge in [0.15, 0.2) is 0 Å². The molecule has 0 bridgehead atoms. The number of alkyl halides is 6. The van der Waals surface area contributed by atoms with Gasteiger partial charge in [0.2, 0.25) is 0 Å². The smallest absolute Gasteiger partial charge is 0.264 e. The quantitative estimate of drug-likeness (QED) is 0.436. The van der Waals surface area contributed by atoms with E-state index in [9.17, 15) is 26.7 Å². The predicted octanol–water partition coefficient (Wildman–Crippen LogP) is 2.70. The SMILES string of the molecule is O=C(N=C(F)C(F)(F)Br)C(F)(F)Cl. The van der Waals surface area contributed by atoms with Crippen molar-refractivity contribution in [3.8, 4) is 0 Å². The second-order valence-electron chi connectivity index (χ2n) is 1.70. The molecule has 0 aromatic rings. The Hall–Kier alpha value is -0.240. The molecule has 76 valence electrons. The Bertz CT molecular complexity index is 244. The summed E-state index contributed by atoms with van der Waals surface area (Å²) in [6, 6.07) is 0. The van der Waals surface area contributed by atoms with Crippen LogP contribution >= 0.6 is 27.5 Å². The van der Waals surface area contributed by atoms with Gasteiger partial charge in [-0.05, 0) is 11.6 Å². The summed E-state index contributed by atoms with van der Waals surface area (Å²) >= 11 is 5.52. The van der Waals surface area contributed by atoms with E-state index < -0.39 is 22.1 Å². The first-order valence-electron chi connectivity index (χ1n) is 2.47. The maximum Gasteiger partial charge on any atom is 0.402 e. The average Bonchev–Trinajstić information content (AvgIpc) is 1.82. The van der Waals surface area contributed by atoms with Gasteiger partial charge in [0, 0.05) is 15.9 Å². The summed E-state index contributed by atoms with van der Waals surface area (Å²) in [4.78, 5) is 7.55. The zero-order valence-electron chi connectivity index (χ0n) is 5.50. The van der Waals surface area contributed by atoms with Gasteiger partial charge in [-0.3, -0.25) is 4.79 Å². The van der Waals surface area contributed by atoms with Crippen LogP contribution in [0.25, 0.3) is 0 Å². The first-order chi connectivity index (χ1) is 5.55. The van der Waals surface area contributed by atoms with Gasteiger partial charge in [-0.15, -0.1) is 0 Å². The molecule has 0 aromatic carbocycles. The summed E-state index contributed by atoms with van der Waals surface area (Å²) in [5, 5.41) is -4.49. The number of amides is 1. The molecule has 0 aliphatic rings. The van der Waals surface area contributed by atoms with E-state index in [-0.39, 0.29) is 0 Å². The highest BCUT2D eigenvalue weighted by atomic mass is 79.9. The van der Waals surface area contributed by atoms with Crippen molar-refractivity contribution in [1.29, 1.82) is 0 Å². The van der Waals surface area contributed by atoms with E-state index in [0.717, 1.165) is 0 Å². The summed E-state index contributed by atoms with van der Waals surface area (Å²) in [6.07, 6.45) is 0. The number of aliphatic imine (C=N–C) groups is 1. The third kappa shape index (κ3) is 4.51. The molecule has 0 spiro atoms. The molecule has 1 amide bonds. The largest absolute Gasteiger partial charge is 0.402 e. The number of rotatable bonds is 2. The van der Waals surface area contributed by atoms with Crippen LogP contribution in [-0.2, 0) is 4.79 Å². The van der Waals surface area contributed by atoms with Gasteiger partial charge < -0.3 is 0 Å². The Morgan fingerprint density at radius 3 is 1.92 bits per heavy atom. The first kappa shape index (κ1) is 12.8. The predicted molar refractivity (Wildman–Crippen MR) is 38.2 cm³/mol. The second kappa shape index (κ2) is 3.87. The molecule has 0 saturated heterocycles. The van der Waals surface area contributed by atoms with Gasteiger partial charge in [-0.2, -0.15) is 26.9 Å². The fraction of sp³-hybridized carbons (Fsp3) is 0.500. The zero-order valence-corrected chi connectivity index (χ0v) is 7.84. The maximum atomic E-state index is 12.0. The minimum absolute atomic E-state index is 1.46. The van der Waals surface area contributed by atoms with Crippen LogP contribution in [0.5, 0.6) is 0 Å². The molecule has 2 nitrogen and oxygen atoms in total. The molecule has 13 heavy (non-hydrogen) atoms. The van der Waals surface area contributed by atoms with Crippen LogP contribution in [-0.4, -0.2) is 22.1 Å². The minimum atomic E-state index is -4.49. The second-order valence-corrected chi connectivity index (χ2v) is 3.17. The molecular formula is C4BrClF5NO. The standard InChI is InChI=1S/C4BrClF5NO/c5-3(8,9)1(7)12-2(13)4(6,10)11. The van der Waals surface area contributed by atoms with Gasteiger partial charge in [0.25, 0.3) is 5.97 Å². The topological polar surface area (TPSA) is 29.4 Å². The van der Waals surface area contributed by atoms with Gasteiger partial charge in [0.1, 0.15) is 0 Å². The molecule has 0 N–H and O–H groups in total. The van der Waals surface area contributed by atoms with Crippen molar-refractivity contribution >= 4 is 39.4 Å². The van der Waals surface area contributed by atoms with Gasteiger partial charge in [-0.25, -0.2) is 0 Å². The van der Waals surface area contributed by atoms with Gasteiger partial charge >= 0.3 is 16.1 Å². The van der Waals surface area contributed by atoms with Crippen molar-refractivity contribution in [3.05, 3.63) is 0 Å². The molecule has 0 aliphatic heterocycles. The van der Waals surface area contributed by atoms with Gasteiger partial charge in [0.05, 0.1) is 0 Å². The molecule has 9 heteroatoms. The van der Waals surface area contributed by atoms with Crippen molar-refractivity contribution in [2.45, 2.75) is 10.2 Å². The summed E-state index contributed by atoms with van der Waals surface area (Å²) < 4.78 is 59.2. The van der Waals surface area contributed by atoms with E-state index in [4.69, 9.17) is 0 Å². The highest BCUT2D eigenvalue weighted by Gasteiger charge is 2.40. The number of halogens is 7. The lowest BCUT2D eigenvalue weighted by atomic mass is 10.6. The Balaban J connectivity index is 4.70. The maximum absolute atomic E-state index is 12.0. The monoisotopic (exact) mass is 287 g/mol. The Morgan fingerprint density at radius 1 is 1.31 bits per heavy atom. The molecule has 0 unspecified atom stereocenters. The normalized spacial score (nSPS) is 14.5. The summed E-state index contributed by atoms with van der Waals surface area (Å²) in [5.41, 5.74) is 0. The van der Waals surface area contributed by atoms with Crippen LogP contribution in [0.2, 0.25) is 0 Å². The number of carbonyl (C=O) groups excluding carboxylic acids is 1. The number of hydrogen-bond acceptors (Lipinski definition) is 1. The van der Waals surface area contributed by atoms with Crippen LogP contribution in [0.15, 0.2) is 4.99 Å². The number of nitrogens with zero attached hydrogens (tertiary/aromatic N) is 1. The Morgan fingerprint density at radius 2 is 1.69 bits per heavy atom. The van der Waals surface area contributed by atoms with E-state index in [0.29, 0.717) is 0 Å². The third-order valence-electron chi connectivity index (χ3n) is 0.676. The fourth-order valence-corrected chi connectivity index (χ4v) is 0.347. The van der Waals surface area contributed by atoms with Gasteiger partial charge in [-0.1, -0.05) is 0 Å². The van der Waals surface area contributed by atoms with E-state index >= 15 is 0 Å². The van der Waals surface area contributed by atoms with Crippen molar-refractivity contribution in [1.82, 2.24) is 0 Å². The lowest BCUT2D eigenvalue weighted by molar-refractivity contribution is -0.132. The average molecular weight is 288 g/mol. The molecule has 0 fully saturated rings. The number of hydrogen-bond donors (Lipinski definition) is 0. The molecule has 0 atom stereocenters. The fourth-order valence-electron chi connectivity index (χ4n) is 0.216. The van der Waals surface area contributed by atoms with Crippen LogP contribution < -0.4 is 0 Å². The highest BCUT2D eigenvalue weighted by Crippen LogP contribution is 2.26. The van der Waals surface area contributed by atoms with Crippen LogP contribution in [0.3, 0.4) is 0 Å². The van der Waals surface area contributed by atoms with E-state index in [1.54, 1.807) is 4.99 Å². The Kier molecular flexibility index (Phi) is 3.80. The molecule has 0 saturated carbocycles. The zero-order chi connectivity index (χ0) is 10.9. The number of carbonyl (C=O) groups is 1. The Labute approximate surface area is 81.9 Å². The van der Waals surface area contributed by atoms with Crippen LogP contribution in [0.1, 0.15) is 0 Å². The van der Waals surface area contributed by atoms with Crippen molar-refractivity contribution in [3.63, 3.8) is 0 Å². The summed E-state index contributed by atoms with van der Waals surface area (Å²) in [6.45, 7) is 0. The van der Waals surface area contributed by atoms with Crippen molar-refractivity contribution in [2.24, 2.45) is 4.99 Å². The first-order valence-corrected chi connectivity index (χ1v) is 3.65. The van der Waals surface area contributed by atoms with Crippen LogP contribution in [0, 0.1) is 0 Å². The van der Waals surface area contributed by atoms with E-state index in [2.05, 4.69) is 11.6 Å². The van der Waals surface area contributed by atoms with Crippen molar-refractivity contribution < 1.29 is 26.7 Å². The van der Waals surface area contributed by atoms with E-state index in [1.807, 2.05) is 0 Å². The molecule has 0 rings (SSSR count). The lowest BCUT2D eigenvalue weighted by Gasteiger charge is -2.04. The van der Waals surface area contributed by atoms with Crippen LogP contribution in [0.4, 0.5) is 22.0 Å². The lowest BCUT2D eigenvalue weighted by Crippen LogP contribution is -2.24. The molecule has 0 aromatic heterocycles. The highest BCUT2D eigenvalue weighted by molar-refractivity contribution is 9.10. The third-order valence-corrected chi connectivity index (χ3v) is 1.16. The minimum Gasteiger partial charge on any atom is -0.264 e. The molecule has 0 aliphatic carbocycles. The van der Waals surface area contributed by atoms with E-state index in [1.165, 1.54) is 15.9 Å². The van der Waals surface area contributed by atoms with Crippen molar-refractivity contribution in [2.75, 3.05) is 0 Å².